The number of carbonyl (C=O) groups is 2. The first-order chi connectivity index (χ1) is 12.2. The molecule has 2 heterocycles. The van der Waals surface area contributed by atoms with Crippen molar-refractivity contribution < 1.29 is 9.59 Å². The second-order valence-corrected chi connectivity index (χ2v) is 7.04. The van der Waals surface area contributed by atoms with Gasteiger partial charge in [0.15, 0.2) is 0 Å². The molecule has 1 unspecified atom stereocenters. The van der Waals surface area contributed by atoms with Gasteiger partial charge in [-0.05, 0) is 42.0 Å². The molecule has 1 aromatic carbocycles. The number of rotatable bonds is 4. The van der Waals surface area contributed by atoms with E-state index in [1.165, 1.54) is 11.3 Å². The van der Waals surface area contributed by atoms with E-state index < -0.39 is 0 Å². The van der Waals surface area contributed by atoms with Crippen LogP contribution in [0, 0.1) is 17.2 Å². The molecule has 0 aliphatic carbocycles. The average Bonchev–Trinajstić information content (AvgIpc) is 3.18. The monoisotopic (exact) mass is 353 g/mol. The van der Waals surface area contributed by atoms with E-state index in [1.54, 1.807) is 4.90 Å². The van der Waals surface area contributed by atoms with Crippen molar-refractivity contribution in [2.45, 2.75) is 19.3 Å². The zero-order chi connectivity index (χ0) is 17.6. The summed E-state index contributed by atoms with van der Waals surface area (Å²) in [4.78, 5) is 27.5. The predicted molar refractivity (Wildman–Crippen MR) is 97.3 cm³/mol. The lowest BCUT2D eigenvalue weighted by Crippen LogP contribution is -2.43. The number of hydrogen-bond acceptors (Lipinski definition) is 4. The van der Waals surface area contributed by atoms with Gasteiger partial charge < -0.3 is 10.2 Å². The summed E-state index contributed by atoms with van der Waals surface area (Å²) >= 11 is 1.43. The molecule has 0 saturated carbocycles. The van der Waals surface area contributed by atoms with Gasteiger partial charge in [0.1, 0.15) is 0 Å². The van der Waals surface area contributed by atoms with Crippen LogP contribution < -0.4 is 5.32 Å². The molecule has 1 aliphatic rings. The number of likely N-dealkylation sites (tertiary alicyclic amines) is 1. The van der Waals surface area contributed by atoms with Crippen LogP contribution in [0.15, 0.2) is 41.8 Å². The predicted octanol–water partition coefficient (Wildman–Crippen LogP) is 3.31. The molecule has 2 amide bonds. The Morgan fingerprint density at radius 3 is 2.76 bits per heavy atom. The molecule has 1 aromatic heterocycles. The Kier molecular flexibility index (Phi) is 5.46. The lowest BCUT2D eigenvalue weighted by Gasteiger charge is -2.31. The van der Waals surface area contributed by atoms with Gasteiger partial charge in [-0.1, -0.05) is 18.2 Å². The number of nitrogens with zero attached hydrogens (tertiary/aromatic N) is 2. The number of anilines is 1. The van der Waals surface area contributed by atoms with E-state index in [0.29, 0.717) is 30.1 Å². The van der Waals surface area contributed by atoms with Crippen LogP contribution in [-0.2, 0) is 11.2 Å². The topological polar surface area (TPSA) is 73.2 Å². The summed E-state index contributed by atoms with van der Waals surface area (Å²) < 4.78 is 0. The first-order valence-corrected chi connectivity index (χ1v) is 9.15. The fourth-order valence-electron chi connectivity index (χ4n) is 2.97. The van der Waals surface area contributed by atoms with E-state index in [9.17, 15) is 9.59 Å². The Morgan fingerprint density at radius 1 is 1.28 bits per heavy atom. The molecule has 6 heteroatoms. The van der Waals surface area contributed by atoms with Gasteiger partial charge in [0.05, 0.1) is 23.3 Å². The van der Waals surface area contributed by atoms with E-state index in [4.69, 9.17) is 5.26 Å². The first-order valence-electron chi connectivity index (χ1n) is 8.27. The van der Waals surface area contributed by atoms with Crippen molar-refractivity contribution in [1.29, 1.82) is 5.26 Å². The minimum atomic E-state index is -0.198. The summed E-state index contributed by atoms with van der Waals surface area (Å²) in [7, 11) is 0. The Hall–Kier alpha value is -2.65. The molecule has 25 heavy (non-hydrogen) atoms. The van der Waals surface area contributed by atoms with E-state index in [2.05, 4.69) is 11.4 Å². The molecule has 1 aliphatic heterocycles. The minimum absolute atomic E-state index is 0.00774. The quantitative estimate of drug-likeness (QED) is 0.916. The van der Waals surface area contributed by atoms with Crippen LogP contribution in [0.5, 0.6) is 0 Å². The number of carbonyl (C=O) groups excluding carboxylic acids is 2. The summed E-state index contributed by atoms with van der Waals surface area (Å²) in [6.07, 6.45) is 1.97. The van der Waals surface area contributed by atoms with E-state index in [1.807, 2.05) is 41.8 Å². The second-order valence-electron chi connectivity index (χ2n) is 6.09. The molecular weight excluding hydrogens is 334 g/mol. The van der Waals surface area contributed by atoms with Gasteiger partial charge in [-0.15, -0.1) is 11.3 Å². The lowest BCUT2D eigenvalue weighted by atomic mass is 9.96. The highest BCUT2D eigenvalue weighted by Crippen LogP contribution is 2.22. The van der Waals surface area contributed by atoms with E-state index >= 15 is 0 Å². The standard InChI is InChI=1S/C19H19N3O2S/c20-10-9-14-5-7-16(8-6-14)21-18(23)15-3-1-11-22(13-15)19(24)17-4-2-12-25-17/h2,4-8,12,15H,1,3,9,11,13H2,(H,21,23). The molecule has 1 atom stereocenters. The van der Waals surface area contributed by atoms with E-state index in [-0.39, 0.29) is 17.7 Å². The lowest BCUT2D eigenvalue weighted by molar-refractivity contribution is -0.121. The van der Waals surface area contributed by atoms with Crippen molar-refractivity contribution in [2.24, 2.45) is 5.92 Å². The third-order valence-electron chi connectivity index (χ3n) is 4.32. The first kappa shape index (κ1) is 17.2. The van der Waals surface area contributed by atoms with Crippen LogP contribution in [0.1, 0.15) is 28.1 Å². The zero-order valence-electron chi connectivity index (χ0n) is 13.8. The number of thiophene rings is 1. The summed E-state index contributed by atoms with van der Waals surface area (Å²) in [5.41, 5.74) is 1.64. The summed E-state index contributed by atoms with van der Waals surface area (Å²) in [6, 6.07) is 13.1. The third kappa shape index (κ3) is 4.25. The van der Waals surface area contributed by atoms with Gasteiger partial charge in [-0.2, -0.15) is 5.26 Å². The third-order valence-corrected chi connectivity index (χ3v) is 5.17. The molecule has 3 rings (SSSR count). The summed E-state index contributed by atoms with van der Waals surface area (Å²) in [5.74, 6) is -0.249. The number of hydrogen-bond donors (Lipinski definition) is 1. The van der Waals surface area contributed by atoms with Gasteiger partial charge in [-0.25, -0.2) is 0 Å². The van der Waals surface area contributed by atoms with Crippen LogP contribution in [0.2, 0.25) is 0 Å². The maximum absolute atomic E-state index is 12.5. The van der Waals surface area contributed by atoms with Crippen LogP contribution in [0.25, 0.3) is 0 Å². The van der Waals surface area contributed by atoms with Crippen molar-refractivity contribution in [3.05, 3.63) is 52.2 Å². The Morgan fingerprint density at radius 2 is 2.08 bits per heavy atom. The smallest absolute Gasteiger partial charge is 0.263 e. The largest absolute Gasteiger partial charge is 0.337 e. The highest BCUT2D eigenvalue weighted by Gasteiger charge is 2.29. The Bertz CT molecular complexity index is 778. The molecule has 1 saturated heterocycles. The second kappa shape index (κ2) is 7.95. The van der Waals surface area contributed by atoms with Crippen LogP contribution in [0.4, 0.5) is 5.69 Å². The molecule has 1 fully saturated rings. The molecule has 2 aromatic rings. The van der Waals surface area contributed by atoms with Crippen molar-refractivity contribution in [3.63, 3.8) is 0 Å². The van der Waals surface area contributed by atoms with Gasteiger partial charge in [0.25, 0.3) is 5.91 Å². The number of nitriles is 1. The molecule has 0 radical (unpaired) electrons. The normalized spacial score (nSPS) is 16.9. The fraction of sp³-hybridized carbons (Fsp3) is 0.316. The summed E-state index contributed by atoms with van der Waals surface area (Å²) in [6.45, 7) is 1.15. The maximum Gasteiger partial charge on any atom is 0.263 e. The number of benzene rings is 1. The number of nitrogens with one attached hydrogen (secondary N) is 1. The van der Waals surface area contributed by atoms with Crippen molar-refractivity contribution in [2.75, 3.05) is 18.4 Å². The van der Waals surface area contributed by atoms with E-state index in [0.717, 1.165) is 18.4 Å². The van der Waals surface area contributed by atoms with Gasteiger partial charge in [0, 0.05) is 18.8 Å². The van der Waals surface area contributed by atoms with Crippen LogP contribution in [0.3, 0.4) is 0 Å². The number of piperidine rings is 1. The highest BCUT2D eigenvalue weighted by atomic mass is 32.1. The Labute approximate surface area is 150 Å². The van der Waals surface area contributed by atoms with Crippen LogP contribution >= 0.6 is 11.3 Å². The summed E-state index contributed by atoms with van der Waals surface area (Å²) in [5, 5.41) is 13.5. The molecule has 5 nitrogen and oxygen atoms in total. The minimum Gasteiger partial charge on any atom is -0.337 e. The molecule has 128 valence electrons. The SMILES string of the molecule is N#CCc1ccc(NC(=O)C2CCCN(C(=O)c3cccs3)C2)cc1. The van der Waals surface area contributed by atoms with Gasteiger partial charge in [-0.3, -0.25) is 9.59 Å². The molecule has 0 bridgehead atoms. The number of amides is 2. The van der Waals surface area contributed by atoms with Gasteiger partial charge >= 0.3 is 0 Å². The molecule has 0 spiro atoms. The maximum atomic E-state index is 12.5. The van der Waals surface area contributed by atoms with Gasteiger partial charge in [0.2, 0.25) is 5.91 Å². The molecular formula is C19H19N3O2S. The highest BCUT2D eigenvalue weighted by molar-refractivity contribution is 7.12. The zero-order valence-corrected chi connectivity index (χ0v) is 14.6. The fourth-order valence-corrected chi connectivity index (χ4v) is 3.66. The average molecular weight is 353 g/mol. The Balaban J connectivity index is 1.60. The van der Waals surface area contributed by atoms with Crippen molar-refractivity contribution >= 4 is 28.8 Å². The van der Waals surface area contributed by atoms with Crippen molar-refractivity contribution in [1.82, 2.24) is 4.90 Å². The van der Waals surface area contributed by atoms with Crippen molar-refractivity contribution in [3.8, 4) is 6.07 Å². The molecule has 1 N–H and O–H groups in total. The van der Waals surface area contributed by atoms with Crippen LogP contribution in [-0.4, -0.2) is 29.8 Å².